The van der Waals surface area contributed by atoms with Crippen molar-refractivity contribution in [3.63, 3.8) is 0 Å². The lowest BCUT2D eigenvalue weighted by molar-refractivity contribution is 0.698. The molecule has 3 aromatic rings. The molecule has 0 bridgehead atoms. The van der Waals surface area contributed by atoms with Crippen LogP contribution >= 0.6 is 22.7 Å². The van der Waals surface area contributed by atoms with Crippen molar-refractivity contribution in [1.82, 2.24) is 9.97 Å². The first kappa shape index (κ1) is 11.8. The summed E-state index contributed by atoms with van der Waals surface area (Å²) in [6.07, 6.45) is 0.753. The molecule has 2 N–H and O–H groups in total. The third kappa shape index (κ3) is 2.29. The summed E-state index contributed by atoms with van der Waals surface area (Å²) < 4.78 is 1.22. The van der Waals surface area contributed by atoms with Gasteiger partial charge < -0.3 is 5.73 Å². The molecule has 18 heavy (non-hydrogen) atoms. The van der Waals surface area contributed by atoms with E-state index in [1.807, 2.05) is 30.5 Å². The summed E-state index contributed by atoms with van der Waals surface area (Å²) in [4.78, 5) is 9.03. The molecule has 0 spiro atoms. The molecule has 2 aromatic heterocycles. The average Bonchev–Trinajstić information content (AvgIpc) is 2.94. The van der Waals surface area contributed by atoms with E-state index in [9.17, 15) is 0 Å². The van der Waals surface area contributed by atoms with Gasteiger partial charge in [-0.05, 0) is 19.1 Å². The number of aromatic nitrogens is 2. The third-order valence-corrected chi connectivity index (χ3v) is 4.60. The highest BCUT2D eigenvalue weighted by Gasteiger charge is 2.13. The molecule has 2 heterocycles. The van der Waals surface area contributed by atoms with Crippen molar-refractivity contribution >= 4 is 32.9 Å². The van der Waals surface area contributed by atoms with Gasteiger partial charge in [-0.25, -0.2) is 9.97 Å². The molecule has 0 saturated carbocycles. The first-order chi connectivity index (χ1) is 8.72. The van der Waals surface area contributed by atoms with Crippen molar-refractivity contribution in [1.29, 1.82) is 0 Å². The molecule has 1 unspecified atom stereocenters. The second kappa shape index (κ2) is 4.76. The fourth-order valence-electron chi connectivity index (χ4n) is 1.85. The Labute approximate surface area is 113 Å². The molecular formula is C13H13N3S2. The summed E-state index contributed by atoms with van der Waals surface area (Å²) in [5, 5.41) is 4.17. The monoisotopic (exact) mass is 275 g/mol. The fourth-order valence-corrected chi connectivity index (χ4v) is 3.55. The lowest BCUT2D eigenvalue weighted by atomic mass is 10.2. The zero-order chi connectivity index (χ0) is 12.5. The maximum atomic E-state index is 6.17. The van der Waals surface area contributed by atoms with Gasteiger partial charge in [0.15, 0.2) is 0 Å². The molecule has 0 amide bonds. The highest BCUT2D eigenvalue weighted by molar-refractivity contribution is 7.18. The largest absolute Gasteiger partial charge is 0.322 e. The van der Waals surface area contributed by atoms with Crippen molar-refractivity contribution < 1.29 is 0 Å². The zero-order valence-electron chi connectivity index (χ0n) is 9.96. The number of hydrogen-bond donors (Lipinski definition) is 1. The molecule has 0 aliphatic carbocycles. The Morgan fingerprint density at radius 2 is 2.11 bits per heavy atom. The van der Waals surface area contributed by atoms with E-state index in [2.05, 4.69) is 16.0 Å². The number of aryl methyl sites for hydroxylation is 1. The molecule has 0 radical (unpaired) electrons. The number of para-hydroxylation sites is 1. The van der Waals surface area contributed by atoms with Crippen molar-refractivity contribution in [2.24, 2.45) is 5.73 Å². The van der Waals surface area contributed by atoms with Crippen molar-refractivity contribution in [3.05, 3.63) is 45.4 Å². The number of thiazole rings is 2. The molecule has 0 aliphatic heterocycles. The lowest BCUT2D eigenvalue weighted by Gasteiger charge is -2.05. The van der Waals surface area contributed by atoms with E-state index in [4.69, 9.17) is 5.73 Å². The standard InChI is InChI=1S/C13H13N3S2/c1-8-15-11(7-17-8)9(14)6-13-16-10-4-2-3-5-12(10)18-13/h2-5,7,9H,6,14H2,1H3. The van der Waals surface area contributed by atoms with Crippen LogP contribution in [0.15, 0.2) is 29.6 Å². The summed E-state index contributed by atoms with van der Waals surface area (Å²) >= 11 is 3.35. The van der Waals surface area contributed by atoms with E-state index in [1.165, 1.54) is 4.70 Å². The summed E-state index contributed by atoms with van der Waals surface area (Å²) in [5.41, 5.74) is 8.20. The Bertz CT molecular complexity index is 638. The van der Waals surface area contributed by atoms with E-state index in [-0.39, 0.29) is 6.04 Å². The molecule has 1 aromatic carbocycles. The van der Waals surface area contributed by atoms with Gasteiger partial charge >= 0.3 is 0 Å². The van der Waals surface area contributed by atoms with Crippen molar-refractivity contribution in [2.75, 3.05) is 0 Å². The Morgan fingerprint density at radius 3 is 2.83 bits per heavy atom. The number of fused-ring (bicyclic) bond motifs is 1. The second-order valence-electron chi connectivity index (χ2n) is 4.18. The average molecular weight is 275 g/mol. The van der Waals surface area contributed by atoms with E-state index in [0.29, 0.717) is 0 Å². The van der Waals surface area contributed by atoms with Crippen molar-refractivity contribution in [3.8, 4) is 0 Å². The summed E-state index contributed by atoms with van der Waals surface area (Å²) in [7, 11) is 0. The summed E-state index contributed by atoms with van der Waals surface area (Å²) in [6.45, 7) is 2.00. The highest BCUT2D eigenvalue weighted by atomic mass is 32.1. The molecular weight excluding hydrogens is 262 g/mol. The molecule has 3 nitrogen and oxygen atoms in total. The Hall–Kier alpha value is -1.30. The summed E-state index contributed by atoms with van der Waals surface area (Å²) in [6, 6.07) is 8.11. The topological polar surface area (TPSA) is 51.8 Å². The van der Waals surface area contributed by atoms with Crippen LogP contribution in [0.3, 0.4) is 0 Å². The van der Waals surface area contributed by atoms with Gasteiger partial charge in [0.05, 0.1) is 32.0 Å². The van der Waals surface area contributed by atoms with Crippen LogP contribution in [0.1, 0.15) is 21.8 Å². The van der Waals surface area contributed by atoms with Crippen LogP contribution in [0.25, 0.3) is 10.2 Å². The Morgan fingerprint density at radius 1 is 1.28 bits per heavy atom. The van der Waals surface area contributed by atoms with Gasteiger partial charge in [0.25, 0.3) is 0 Å². The number of nitrogens with two attached hydrogens (primary N) is 1. The number of nitrogens with zero attached hydrogens (tertiary/aromatic N) is 2. The van der Waals surface area contributed by atoms with Gasteiger partial charge in [-0.2, -0.15) is 0 Å². The molecule has 1 atom stereocenters. The first-order valence-electron chi connectivity index (χ1n) is 5.74. The minimum absolute atomic E-state index is 0.0597. The minimum atomic E-state index is -0.0597. The molecule has 0 aliphatic rings. The molecule has 5 heteroatoms. The molecule has 92 valence electrons. The Balaban J connectivity index is 1.83. The number of hydrogen-bond acceptors (Lipinski definition) is 5. The predicted molar refractivity (Wildman–Crippen MR) is 77.1 cm³/mol. The quantitative estimate of drug-likeness (QED) is 0.798. The van der Waals surface area contributed by atoms with Gasteiger partial charge in [0, 0.05) is 11.8 Å². The van der Waals surface area contributed by atoms with Crippen LogP contribution in [-0.4, -0.2) is 9.97 Å². The lowest BCUT2D eigenvalue weighted by Crippen LogP contribution is -2.13. The number of rotatable bonds is 3. The van der Waals surface area contributed by atoms with Gasteiger partial charge in [-0.3, -0.25) is 0 Å². The van der Waals surface area contributed by atoms with Gasteiger partial charge in [-0.1, -0.05) is 12.1 Å². The molecule has 3 rings (SSSR count). The summed E-state index contributed by atoms with van der Waals surface area (Å²) in [5.74, 6) is 0. The second-order valence-corrected chi connectivity index (χ2v) is 6.35. The van der Waals surface area contributed by atoms with Crippen LogP contribution in [-0.2, 0) is 6.42 Å². The third-order valence-electron chi connectivity index (χ3n) is 2.75. The minimum Gasteiger partial charge on any atom is -0.322 e. The highest BCUT2D eigenvalue weighted by Crippen LogP contribution is 2.25. The van der Waals surface area contributed by atoms with Crippen LogP contribution in [0.4, 0.5) is 0 Å². The Kier molecular flexibility index (Phi) is 3.11. The van der Waals surface area contributed by atoms with Gasteiger partial charge in [-0.15, -0.1) is 22.7 Å². The van der Waals surface area contributed by atoms with Crippen LogP contribution in [0.5, 0.6) is 0 Å². The van der Waals surface area contributed by atoms with Crippen LogP contribution < -0.4 is 5.73 Å². The van der Waals surface area contributed by atoms with E-state index in [0.717, 1.165) is 27.6 Å². The predicted octanol–water partition coefficient (Wildman–Crippen LogP) is 3.30. The van der Waals surface area contributed by atoms with Gasteiger partial charge in [0.2, 0.25) is 0 Å². The van der Waals surface area contributed by atoms with E-state index < -0.39 is 0 Å². The smallest absolute Gasteiger partial charge is 0.0958 e. The van der Waals surface area contributed by atoms with Crippen LogP contribution in [0.2, 0.25) is 0 Å². The molecule has 0 fully saturated rings. The SMILES string of the molecule is Cc1nc(C(N)Cc2nc3ccccc3s2)cs1. The van der Waals surface area contributed by atoms with Gasteiger partial charge in [0.1, 0.15) is 0 Å². The maximum Gasteiger partial charge on any atom is 0.0958 e. The van der Waals surface area contributed by atoms with Crippen LogP contribution in [0, 0.1) is 6.92 Å². The van der Waals surface area contributed by atoms with E-state index >= 15 is 0 Å². The normalized spacial score (nSPS) is 13.0. The molecule has 0 saturated heterocycles. The van der Waals surface area contributed by atoms with Crippen molar-refractivity contribution in [2.45, 2.75) is 19.4 Å². The maximum absolute atomic E-state index is 6.17. The van der Waals surface area contributed by atoms with E-state index in [1.54, 1.807) is 22.7 Å². The first-order valence-corrected chi connectivity index (χ1v) is 7.44. The fraction of sp³-hybridized carbons (Fsp3) is 0.231. The number of benzene rings is 1. The zero-order valence-corrected chi connectivity index (χ0v) is 11.6.